The number of anilines is 1. The first-order valence-electron chi connectivity index (χ1n) is 8.32. The molecule has 2 aromatic carbocycles. The fourth-order valence-electron chi connectivity index (χ4n) is 2.33. The molecule has 8 heteroatoms. The van der Waals surface area contributed by atoms with Crippen LogP contribution in [0.1, 0.15) is 22.8 Å². The summed E-state index contributed by atoms with van der Waals surface area (Å²) in [4.78, 5) is 23.9. The third-order valence-corrected chi connectivity index (χ3v) is 3.49. The lowest BCUT2D eigenvalue weighted by Crippen LogP contribution is -2.10. The molecule has 0 atom stereocenters. The zero-order valence-electron chi connectivity index (χ0n) is 15.3. The van der Waals surface area contributed by atoms with Crippen LogP contribution in [0, 0.1) is 0 Å². The first kappa shape index (κ1) is 20.9. The molecule has 0 saturated heterocycles. The van der Waals surface area contributed by atoms with Crippen molar-refractivity contribution in [3.05, 3.63) is 59.7 Å². The average molecular weight is 391 g/mol. The van der Waals surface area contributed by atoms with Gasteiger partial charge in [0.25, 0.3) is 0 Å². The second kappa shape index (κ2) is 10.1. The third-order valence-electron chi connectivity index (χ3n) is 3.49. The van der Waals surface area contributed by atoms with Crippen LogP contribution in [0.3, 0.4) is 0 Å². The van der Waals surface area contributed by atoms with Crippen molar-refractivity contribution in [3.8, 4) is 11.5 Å². The number of nitrogens with one attached hydrogen (secondary N) is 1. The van der Waals surface area contributed by atoms with Crippen molar-refractivity contribution in [3.63, 3.8) is 0 Å². The van der Waals surface area contributed by atoms with Crippen LogP contribution in [0.15, 0.2) is 48.5 Å². The molecule has 0 bridgehead atoms. The minimum atomic E-state index is -3.04. The third kappa shape index (κ3) is 5.80. The minimum Gasteiger partial charge on any atom is -0.493 e. The van der Waals surface area contributed by atoms with Gasteiger partial charge in [-0.25, -0.2) is 4.79 Å². The average Bonchev–Trinajstić information content (AvgIpc) is 2.67. The van der Waals surface area contributed by atoms with Gasteiger partial charge in [-0.05, 0) is 37.3 Å². The van der Waals surface area contributed by atoms with Crippen molar-refractivity contribution in [2.75, 3.05) is 19.0 Å². The van der Waals surface area contributed by atoms with Gasteiger partial charge in [-0.2, -0.15) is 8.78 Å². The molecule has 0 aliphatic heterocycles. The van der Waals surface area contributed by atoms with Gasteiger partial charge in [0.2, 0.25) is 5.91 Å². The molecule has 0 radical (unpaired) electrons. The van der Waals surface area contributed by atoms with E-state index in [9.17, 15) is 18.4 Å². The molecule has 0 heterocycles. The topological polar surface area (TPSA) is 73.9 Å². The number of para-hydroxylation sites is 1. The zero-order chi connectivity index (χ0) is 20.5. The number of esters is 1. The lowest BCUT2D eigenvalue weighted by molar-refractivity contribution is -0.111. The van der Waals surface area contributed by atoms with Gasteiger partial charge in [0.15, 0.2) is 11.5 Å². The van der Waals surface area contributed by atoms with Crippen LogP contribution in [0.2, 0.25) is 0 Å². The fraction of sp³-hybridized carbons (Fsp3) is 0.200. The van der Waals surface area contributed by atoms with E-state index in [1.807, 2.05) is 0 Å². The van der Waals surface area contributed by atoms with Crippen LogP contribution in [-0.2, 0) is 9.53 Å². The molecule has 0 unspecified atom stereocenters. The number of hydrogen-bond acceptors (Lipinski definition) is 5. The standard InChI is InChI=1S/C20H19F2NO5/c1-3-27-19(25)14-7-4-8-15(12-14)23-17(24)11-10-13-6-5-9-16(26-2)18(13)28-20(21)22/h4-12,20H,3H2,1-2H3,(H,23,24)/b11-10+. The lowest BCUT2D eigenvalue weighted by Gasteiger charge is -2.12. The van der Waals surface area contributed by atoms with Gasteiger partial charge in [-0.3, -0.25) is 4.79 Å². The van der Waals surface area contributed by atoms with E-state index in [0.717, 1.165) is 6.08 Å². The maximum atomic E-state index is 12.6. The minimum absolute atomic E-state index is 0.116. The van der Waals surface area contributed by atoms with Gasteiger partial charge in [0.05, 0.1) is 19.3 Å². The van der Waals surface area contributed by atoms with Crippen molar-refractivity contribution >= 4 is 23.6 Å². The van der Waals surface area contributed by atoms with Crippen molar-refractivity contribution < 1.29 is 32.6 Å². The molecule has 0 aliphatic carbocycles. The highest BCUT2D eigenvalue weighted by molar-refractivity contribution is 6.03. The van der Waals surface area contributed by atoms with Crippen LogP contribution >= 0.6 is 0 Å². The summed E-state index contributed by atoms with van der Waals surface area (Å²) in [6, 6.07) is 10.8. The van der Waals surface area contributed by atoms with E-state index in [0.29, 0.717) is 11.3 Å². The Morgan fingerprint density at radius 1 is 1.18 bits per heavy atom. The summed E-state index contributed by atoms with van der Waals surface area (Å²) >= 11 is 0. The molecule has 28 heavy (non-hydrogen) atoms. The Kier molecular flexibility index (Phi) is 7.50. The molecule has 1 N–H and O–H groups in total. The number of methoxy groups -OCH3 is 1. The predicted octanol–water partition coefficient (Wildman–Crippen LogP) is 4.13. The van der Waals surface area contributed by atoms with Crippen LogP contribution in [-0.4, -0.2) is 32.2 Å². The maximum absolute atomic E-state index is 12.6. The van der Waals surface area contributed by atoms with E-state index < -0.39 is 18.5 Å². The smallest absolute Gasteiger partial charge is 0.387 e. The fourth-order valence-corrected chi connectivity index (χ4v) is 2.33. The van der Waals surface area contributed by atoms with E-state index in [4.69, 9.17) is 9.47 Å². The summed E-state index contributed by atoms with van der Waals surface area (Å²) in [5.74, 6) is -1.08. The maximum Gasteiger partial charge on any atom is 0.387 e. The molecule has 6 nitrogen and oxygen atoms in total. The Balaban J connectivity index is 2.14. The summed E-state index contributed by atoms with van der Waals surface area (Å²) in [7, 11) is 1.32. The van der Waals surface area contributed by atoms with E-state index in [2.05, 4.69) is 10.1 Å². The van der Waals surface area contributed by atoms with Gasteiger partial charge in [0.1, 0.15) is 0 Å². The Hall–Kier alpha value is -3.42. The molecule has 0 fully saturated rings. The molecule has 0 aromatic heterocycles. The van der Waals surface area contributed by atoms with Crippen LogP contribution < -0.4 is 14.8 Å². The summed E-state index contributed by atoms with van der Waals surface area (Å²) in [6.07, 6.45) is 2.48. The molecule has 0 aliphatic rings. The first-order chi connectivity index (χ1) is 13.4. The highest BCUT2D eigenvalue weighted by Crippen LogP contribution is 2.33. The van der Waals surface area contributed by atoms with Gasteiger partial charge in [0, 0.05) is 17.3 Å². The summed E-state index contributed by atoms with van der Waals surface area (Å²) in [5.41, 5.74) is 0.925. The second-order valence-electron chi connectivity index (χ2n) is 5.38. The highest BCUT2D eigenvalue weighted by atomic mass is 19.3. The number of amides is 1. The lowest BCUT2D eigenvalue weighted by atomic mass is 10.1. The number of rotatable bonds is 8. The largest absolute Gasteiger partial charge is 0.493 e. The normalized spacial score (nSPS) is 10.8. The summed E-state index contributed by atoms with van der Waals surface area (Å²) < 4.78 is 39.7. The van der Waals surface area contributed by atoms with E-state index in [-0.39, 0.29) is 23.7 Å². The van der Waals surface area contributed by atoms with E-state index in [1.165, 1.54) is 31.4 Å². The van der Waals surface area contributed by atoms with Crippen molar-refractivity contribution in [2.45, 2.75) is 13.5 Å². The van der Waals surface area contributed by atoms with E-state index in [1.54, 1.807) is 31.2 Å². The first-order valence-corrected chi connectivity index (χ1v) is 8.32. The Labute approximate surface area is 160 Å². The monoisotopic (exact) mass is 391 g/mol. The number of ether oxygens (including phenoxy) is 3. The van der Waals surface area contributed by atoms with Crippen LogP contribution in [0.4, 0.5) is 14.5 Å². The number of halogens is 2. The zero-order valence-corrected chi connectivity index (χ0v) is 15.3. The number of alkyl halides is 2. The highest BCUT2D eigenvalue weighted by Gasteiger charge is 2.14. The molecular weight excluding hydrogens is 372 g/mol. The quantitative estimate of drug-likeness (QED) is 0.541. The van der Waals surface area contributed by atoms with Crippen molar-refractivity contribution in [2.24, 2.45) is 0 Å². The molecule has 2 rings (SSSR count). The van der Waals surface area contributed by atoms with Crippen molar-refractivity contribution in [1.29, 1.82) is 0 Å². The van der Waals surface area contributed by atoms with Crippen molar-refractivity contribution in [1.82, 2.24) is 0 Å². The van der Waals surface area contributed by atoms with Crippen LogP contribution in [0.5, 0.6) is 11.5 Å². The second-order valence-corrected chi connectivity index (χ2v) is 5.38. The Morgan fingerprint density at radius 3 is 2.61 bits per heavy atom. The molecule has 0 spiro atoms. The predicted molar refractivity (Wildman–Crippen MR) is 99.7 cm³/mol. The molecule has 0 saturated carbocycles. The number of carbonyl (C=O) groups excluding carboxylic acids is 2. The van der Waals surface area contributed by atoms with Gasteiger partial charge >= 0.3 is 12.6 Å². The van der Waals surface area contributed by atoms with Gasteiger partial charge in [-0.1, -0.05) is 18.2 Å². The van der Waals surface area contributed by atoms with Crippen LogP contribution in [0.25, 0.3) is 6.08 Å². The number of hydrogen-bond donors (Lipinski definition) is 1. The van der Waals surface area contributed by atoms with E-state index >= 15 is 0 Å². The molecule has 148 valence electrons. The van der Waals surface area contributed by atoms with Gasteiger partial charge < -0.3 is 19.5 Å². The summed E-state index contributed by atoms with van der Waals surface area (Å²) in [6.45, 7) is -1.11. The summed E-state index contributed by atoms with van der Waals surface area (Å²) in [5, 5.41) is 2.58. The van der Waals surface area contributed by atoms with Gasteiger partial charge in [-0.15, -0.1) is 0 Å². The molecular formula is C20H19F2NO5. The molecule has 1 amide bonds. The SMILES string of the molecule is CCOC(=O)c1cccc(NC(=O)/C=C/c2cccc(OC)c2OC(F)F)c1. The number of benzene rings is 2. The Morgan fingerprint density at radius 2 is 1.93 bits per heavy atom. The Bertz CT molecular complexity index is 867. The number of carbonyl (C=O) groups is 2. The molecule has 2 aromatic rings.